The molecule has 1 saturated heterocycles. The molecule has 1 heterocycles. The number of hydrogen-bond donors (Lipinski definition) is 1. The molecule has 1 aliphatic rings. The Hall–Kier alpha value is -1.06. The van der Waals surface area contributed by atoms with Crippen LogP contribution in [-0.4, -0.2) is 34.0 Å². The van der Waals surface area contributed by atoms with Crippen molar-refractivity contribution in [3.63, 3.8) is 0 Å². The smallest absolute Gasteiger partial charge is 0.326 e. The van der Waals surface area contributed by atoms with Crippen LogP contribution < -0.4 is 0 Å². The number of aliphatic carboxylic acids is 1. The Labute approximate surface area is 64.8 Å². The van der Waals surface area contributed by atoms with Crippen LogP contribution in [0, 0.1) is 0 Å². The molecule has 1 amide bonds. The molecular weight excluding hydrogens is 146 g/mol. The van der Waals surface area contributed by atoms with Crippen molar-refractivity contribution >= 4 is 11.9 Å². The number of carbonyl (C=O) groups is 2. The van der Waals surface area contributed by atoms with Crippen LogP contribution in [0.1, 0.15) is 20.3 Å². The van der Waals surface area contributed by atoms with Gasteiger partial charge in [-0.3, -0.25) is 4.79 Å². The quantitative estimate of drug-likeness (QED) is 0.577. The lowest BCUT2D eigenvalue weighted by Gasteiger charge is -2.40. The molecule has 1 aliphatic heterocycles. The van der Waals surface area contributed by atoms with Gasteiger partial charge in [0.1, 0.15) is 6.04 Å². The third kappa shape index (κ3) is 1.20. The Kier molecular flexibility index (Phi) is 1.85. The number of amides is 1. The minimum Gasteiger partial charge on any atom is -0.480 e. The maximum absolute atomic E-state index is 10.8. The van der Waals surface area contributed by atoms with Crippen molar-refractivity contribution in [2.24, 2.45) is 0 Å². The summed E-state index contributed by atoms with van der Waals surface area (Å²) < 4.78 is 0. The van der Waals surface area contributed by atoms with E-state index < -0.39 is 12.0 Å². The number of hydrogen-bond acceptors (Lipinski definition) is 2. The summed E-state index contributed by atoms with van der Waals surface area (Å²) >= 11 is 0. The molecular formula is C7H11NO3. The summed E-state index contributed by atoms with van der Waals surface area (Å²) in [6.45, 7) is 3.62. The summed E-state index contributed by atoms with van der Waals surface area (Å²) in [5.74, 6) is -0.967. The average molecular weight is 157 g/mol. The van der Waals surface area contributed by atoms with Gasteiger partial charge in [-0.25, -0.2) is 4.79 Å². The molecule has 0 spiro atoms. The van der Waals surface area contributed by atoms with Gasteiger partial charge < -0.3 is 10.0 Å². The molecule has 62 valence electrons. The van der Waals surface area contributed by atoms with Gasteiger partial charge in [0.15, 0.2) is 0 Å². The molecule has 0 radical (unpaired) electrons. The molecule has 4 heteroatoms. The molecule has 0 saturated carbocycles. The molecule has 1 atom stereocenters. The standard InChI is InChI=1S/C7H11NO3/c1-4(2)8-5(7(10)11)3-6(8)9/h4-5H,3H2,1-2H3,(H,10,11). The van der Waals surface area contributed by atoms with Crippen molar-refractivity contribution in [2.75, 3.05) is 0 Å². The van der Waals surface area contributed by atoms with Gasteiger partial charge in [-0.2, -0.15) is 0 Å². The third-order valence-electron chi connectivity index (χ3n) is 1.83. The highest BCUT2D eigenvalue weighted by atomic mass is 16.4. The largest absolute Gasteiger partial charge is 0.480 e. The number of carbonyl (C=O) groups excluding carboxylic acids is 1. The van der Waals surface area contributed by atoms with E-state index in [0.717, 1.165) is 0 Å². The van der Waals surface area contributed by atoms with Crippen molar-refractivity contribution < 1.29 is 14.7 Å². The first-order valence-electron chi connectivity index (χ1n) is 3.58. The van der Waals surface area contributed by atoms with Crippen molar-refractivity contribution in [2.45, 2.75) is 32.4 Å². The summed E-state index contributed by atoms with van der Waals surface area (Å²) in [5.41, 5.74) is 0. The molecule has 0 bridgehead atoms. The Morgan fingerprint density at radius 2 is 2.27 bits per heavy atom. The number of β-lactam (4-membered cyclic amide) rings is 1. The topological polar surface area (TPSA) is 57.6 Å². The minimum absolute atomic E-state index is 0.00245. The third-order valence-corrected chi connectivity index (χ3v) is 1.83. The van der Waals surface area contributed by atoms with E-state index in [9.17, 15) is 9.59 Å². The zero-order chi connectivity index (χ0) is 8.59. The zero-order valence-electron chi connectivity index (χ0n) is 6.57. The SMILES string of the molecule is CC(C)N1C(=O)CC1C(=O)O. The van der Waals surface area contributed by atoms with Crippen LogP contribution in [-0.2, 0) is 9.59 Å². The Balaban J connectivity index is 2.62. The second-order valence-corrected chi connectivity index (χ2v) is 2.95. The van der Waals surface area contributed by atoms with Crippen LogP contribution in [0.3, 0.4) is 0 Å². The van der Waals surface area contributed by atoms with Crippen LogP contribution in [0.15, 0.2) is 0 Å². The fraction of sp³-hybridized carbons (Fsp3) is 0.714. The lowest BCUT2D eigenvalue weighted by atomic mass is 10.00. The van der Waals surface area contributed by atoms with Gasteiger partial charge in [0, 0.05) is 6.04 Å². The number of nitrogens with zero attached hydrogens (tertiary/aromatic N) is 1. The van der Waals surface area contributed by atoms with Gasteiger partial charge in [-0.15, -0.1) is 0 Å². The lowest BCUT2D eigenvalue weighted by Crippen LogP contribution is -2.59. The molecule has 0 aromatic carbocycles. The van der Waals surface area contributed by atoms with E-state index in [2.05, 4.69) is 0 Å². The van der Waals surface area contributed by atoms with Crippen LogP contribution >= 0.6 is 0 Å². The van der Waals surface area contributed by atoms with Crippen LogP contribution in [0.4, 0.5) is 0 Å². The summed E-state index contributed by atoms with van der Waals surface area (Å²) in [4.78, 5) is 22.7. The first-order valence-corrected chi connectivity index (χ1v) is 3.58. The zero-order valence-corrected chi connectivity index (χ0v) is 6.57. The highest BCUT2D eigenvalue weighted by Gasteiger charge is 2.42. The van der Waals surface area contributed by atoms with Crippen LogP contribution in [0.25, 0.3) is 0 Å². The summed E-state index contributed by atoms with van der Waals surface area (Å²) in [6, 6.07) is -0.583. The van der Waals surface area contributed by atoms with Crippen molar-refractivity contribution in [1.29, 1.82) is 0 Å². The average Bonchev–Trinajstić information content (AvgIpc) is 1.80. The molecule has 11 heavy (non-hydrogen) atoms. The van der Waals surface area contributed by atoms with E-state index in [0.29, 0.717) is 0 Å². The molecule has 1 unspecified atom stereocenters. The predicted molar refractivity (Wildman–Crippen MR) is 38.0 cm³/mol. The molecule has 0 aliphatic carbocycles. The predicted octanol–water partition coefficient (Wildman–Crippen LogP) is 0.0803. The number of rotatable bonds is 2. The number of likely N-dealkylation sites (tertiary alicyclic amines) is 1. The molecule has 4 nitrogen and oxygen atoms in total. The van der Waals surface area contributed by atoms with Gasteiger partial charge in [-0.1, -0.05) is 0 Å². The monoisotopic (exact) mass is 157 g/mol. The maximum Gasteiger partial charge on any atom is 0.326 e. The van der Waals surface area contributed by atoms with E-state index in [1.54, 1.807) is 0 Å². The first kappa shape index (κ1) is 8.04. The van der Waals surface area contributed by atoms with E-state index in [-0.39, 0.29) is 18.4 Å². The Morgan fingerprint density at radius 3 is 2.45 bits per heavy atom. The molecule has 1 rings (SSSR count). The Morgan fingerprint density at radius 1 is 1.73 bits per heavy atom. The summed E-state index contributed by atoms with van der Waals surface area (Å²) in [7, 11) is 0. The molecule has 1 N–H and O–H groups in total. The summed E-state index contributed by atoms with van der Waals surface area (Å²) in [6.07, 6.45) is 0.160. The second-order valence-electron chi connectivity index (χ2n) is 2.95. The minimum atomic E-state index is -0.904. The number of carboxylic acids is 1. The van der Waals surface area contributed by atoms with E-state index in [1.807, 2.05) is 13.8 Å². The van der Waals surface area contributed by atoms with Crippen LogP contribution in [0.5, 0.6) is 0 Å². The molecule has 0 aromatic heterocycles. The van der Waals surface area contributed by atoms with Gasteiger partial charge in [0.05, 0.1) is 6.42 Å². The normalized spacial score (nSPS) is 23.7. The summed E-state index contributed by atoms with van der Waals surface area (Å²) in [5, 5.41) is 8.58. The molecule has 0 aromatic rings. The first-order chi connectivity index (χ1) is 5.04. The van der Waals surface area contributed by atoms with Gasteiger partial charge in [0.2, 0.25) is 5.91 Å². The highest BCUT2D eigenvalue weighted by molar-refractivity contribution is 5.94. The van der Waals surface area contributed by atoms with Gasteiger partial charge in [-0.05, 0) is 13.8 Å². The number of carboxylic acid groups (broad SMARTS) is 1. The maximum atomic E-state index is 10.8. The van der Waals surface area contributed by atoms with Crippen molar-refractivity contribution in [1.82, 2.24) is 4.90 Å². The van der Waals surface area contributed by atoms with E-state index in [1.165, 1.54) is 4.90 Å². The Bertz CT molecular complexity index is 200. The van der Waals surface area contributed by atoms with Crippen molar-refractivity contribution in [3.8, 4) is 0 Å². The fourth-order valence-electron chi connectivity index (χ4n) is 1.28. The van der Waals surface area contributed by atoms with Crippen LogP contribution in [0.2, 0.25) is 0 Å². The van der Waals surface area contributed by atoms with Crippen molar-refractivity contribution in [3.05, 3.63) is 0 Å². The lowest BCUT2D eigenvalue weighted by molar-refractivity contribution is -0.164. The molecule has 1 fully saturated rings. The second kappa shape index (κ2) is 2.53. The van der Waals surface area contributed by atoms with Gasteiger partial charge in [0.25, 0.3) is 0 Å². The van der Waals surface area contributed by atoms with E-state index in [4.69, 9.17) is 5.11 Å². The highest BCUT2D eigenvalue weighted by Crippen LogP contribution is 2.21. The fourth-order valence-corrected chi connectivity index (χ4v) is 1.28. The van der Waals surface area contributed by atoms with E-state index >= 15 is 0 Å². The van der Waals surface area contributed by atoms with Gasteiger partial charge >= 0.3 is 5.97 Å².